The Labute approximate surface area is 122 Å². The summed E-state index contributed by atoms with van der Waals surface area (Å²) in [6.07, 6.45) is -0.615. The van der Waals surface area contributed by atoms with Crippen molar-refractivity contribution in [3.8, 4) is 5.75 Å². The van der Waals surface area contributed by atoms with E-state index in [-0.39, 0.29) is 6.10 Å². The van der Waals surface area contributed by atoms with Crippen LogP contribution in [0.1, 0.15) is 37.2 Å². The first-order chi connectivity index (χ1) is 9.08. The number of hydrogen-bond acceptors (Lipinski definition) is 2. The average molecular weight is 321 g/mol. The van der Waals surface area contributed by atoms with Crippen molar-refractivity contribution in [2.45, 2.75) is 26.1 Å². The van der Waals surface area contributed by atoms with Crippen LogP contribution in [0.2, 0.25) is 0 Å². The van der Waals surface area contributed by atoms with E-state index in [0.29, 0.717) is 0 Å². The van der Waals surface area contributed by atoms with Crippen molar-refractivity contribution in [2.24, 2.45) is 0 Å². The molecular weight excluding hydrogens is 304 g/mol. The van der Waals surface area contributed by atoms with E-state index in [2.05, 4.69) is 15.9 Å². The van der Waals surface area contributed by atoms with Crippen molar-refractivity contribution in [2.75, 3.05) is 0 Å². The van der Waals surface area contributed by atoms with Crippen molar-refractivity contribution in [3.05, 3.63) is 64.1 Å². The fourth-order valence-electron chi connectivity index (χ4n) is 1.94. The fourth-order valence-corrected chi connectivity index (χ4v) is 2.31. The predicted octanol–water partition coefficient (Wildman–Crippen LogP) is 4.64. The Morgan fingerprint density at radius 3 is 2.37 bits per heavy atom. The van der Waals surface area contributed by atoms with Crippen molar-refractivity contribution in [1.82, 2.24) is 0 Å². The van der Waals surface area contributed by atoms with Gasteiger partial charge in [0.25, 0.3) is 0 Å². The number of aliphatic hydroxyl groups is 1. The Kier molecular flexibility index (Phi) is 4.61. The minimum atomic E-state index is -0.560. The molecule has 0 aliphatic carbocycles. The molecular formula is C16H17BrO2. The lowest BCUT2D eigenvalue weighted by Crippen LogP contribution is -2.06. The molecule has 0 fully saturated rings. The van der Waals surface area contributed by atoms with Crippen LogP contribution >= 0.6 is 15.9 Å². The van der Waals surface area contributed by atoms with Crippen LogP contribution in [0, 0.1) is 0 Å². The molecule has 0 saturated carbocycles. The van der Waals surface area contributed by atoms with Crippen LogP contribution in [-0.2, 0) is 0 Å². The Morgan fingerprint density at radius 2 is 1.74 bits per heavy atom. The standard InChI is InChI=1S/C16H17BrO2/c1-11(18)15-10-14(17)8-9-16(15)19-12(2)13-6-4-3-5-7-13/h3-12,18H,1-2H3/t11-,12?/m1/s1. The SMILES string of the molecule is CC(Oc1ccc(Br)cc1[C@@H](C)O)c1ccccc1. The summed E-state index contributed by atoms with van der Waals surface area (Å²) in [6.45, 7) is 3.74. The normalized spacial score (nSPS) is 13.9. The van der Waals surface area contributed by atoms with Gasteiger partial charge in [-0.15, -0.1) is 0 Å². The lowest BCUT2D eigenvalue weighted by Gasteiger charge is -2.19. The lowest BCUT2D eigenvalue weighted by atomic mass is 10.1. The van der Waals surface area contributed by atoms with E-state index >= 15 is 0 Å². The summed E-state index contributed by atoms with van der Waals surface area (Å²) in [5.41, 5.74) is 1.90. The second kappa shape index (κ2) is 6.22. The van der Waals surface area contributed by atoms with Gasteiger partial charge in [-0.25, -0.2) is 0 Å². The van der Waals surface area contributed by atoms with Gasteiger partial charge in [-0.05, 0) is 37.6 Å². The van der Waals surface area contributed by atoms with E-state index in [4.69, 9.17) is 4.74 Å². The summed E-state index contributed by atoms with van der Waals surface area (Å²) in [5.74, 6) is 0.717. The number of ether oxygens (including phenoxy) is 1. The van der Waals surface area contributed by atoms with Crippen molar-refractivity contribution >= 4 is 15.9 Å². The Hall–Kier alpha value is -1.32. The largest absolute Gasteiger partial charge is 0.486 e. The molecule has 2 atom stereocenters. The second-order valence-corrected chi connectivity index (χ2v) is 5.44. The first kappa shape index (κ1) is 14.1. The molecule has 0 heterocycles. The van der Waals surface area contributed by atoms with Crippen molar-refractivity contribution in [3.63, 3.8) is 0 Å². The highest BCUT2D eigenvalue weighted by Crippen LogP contribution is 2.31. The first-order valence-electron chi connectivity index (χ1n) is 6.27. The predicted molar refractivity (Wildman–Crippen MR) is 80.3 cm³/mol. The molecule has 0 aromatic heterocycles. The van der Waals surface area contributed by atoms with E-state index in [1.165, 1.54) is 0 Å². The van der Waals surface area contributed by atoms with E-state index in [9.17, 15) is 5.11 Å². The van der Waals surface area contributed by atoms with Gasteiger partial charge in [-0.1, -0.05) is 46.3 Å². The van der Waals surface area contributed by atoms with Crippen LogP contribution in [0.15, 0.2) is 53.0 Å². The third-order valence-corrected chi connectivity index (χ3v) is 3.49. The number of halogens is 1. The van der Waals surface area contributed by atoms with Crippen molar-refractivity contribution < 1.29 is 9.84 Å². The molecule has 0 spiro atoms. The van der Waals surface area contributed by atoms with Gasteiger partial charge in [-0.2, -0.15) is 0 Å². The summed E-state index contributed by atoms with van der Waals surface area (Å²) >= 11 is 3.41. The van der Waals surface area contributed by atoms with Crippen LogP contribution in [0.3, 0.4) is 0 Å². The minimum absolute atomic E-state index is 0.0557. The molecule has 1 unspecified atom stereocenters. The van der Waals surface area contributed by atoms with Crippen molar-refractivity contribution in [1.29, 1.82) is 0 Å². The zero-order chi connectivity index (χ0) is 13.8. The summed E-state index contributed by atoms with van der Waals surface area (Å²) < 4.78 is 6.90. The molecule has 0 radical (unpaired) electrons. The van der Waals surface area contributed by atoms with Gasteiger partial charge in [0, 0.05) is 10.0 Å². The lowest BCUT2D eigenvalue weighted by molar-refractivity contribution is 0.179. The first-order valence-corrected chi connectivity index (χ1v) is 7.06. The maximum Gasteiger partial charge on any atom is 0.126 e. The summed E-state index contributed by atoms with van der Waals surface area (Å²) in [5, 5.41) is 9.81. The van der Waals surface area contributed by atoms with Gasteiger partial charge in [0.05, 0.1) is 6.10 Å². The van der Waals surface area contributed by atoms with Gasteiger partial charge in [0.15, 0.2) is 0 Å². The number of benzene rings is 2. The topological polar surface area (TPSA) is 29.5 Å². The van der Waals surface area contributed by atoms with Crippen LogP contribution in [0.5, 0.6) is 5.75 Å². The maximum absolute atomic E-state index is 9.81. The molecule has 2 nitrogen and oxygen atoms in total. The maximum atomic E-state index is 9.81. The van der Waals surface area contributed by atoms with Gasteiger partial charge >= 0.3 is 0 Å². The van der Waals surface area contributed by atoms with E-state index in [1.54, 1.807) is 6.92 Å². The fraction of sp³-hybridized carbons (Fsp3) is 0.250. The molecule has 100 valence electrons. The highest BCUT2D eigenvalue weighted by molar-refractivity contribution is 9.10. The molecule has 2 aromatic rings. The van der Waals surface area contributed by atoms with Crippen LogP contribution in [0.25, 0.3) is 0 Å². The molecule has 19 heavy (non-hydrogen) atoms. The smallest absolute Gasteiger partial charge is 0.126 e. The molecule has 2 aromatic carbocycles. The van der Waals surface area contributed by atoms with Gasteiger partial charge in [0.1, 0.15) is 11.9 Å². The highest BCUT2D eigenvalue weighted by Gasteiger charge is 2.13. The highest BCUT2D eigenvalue weighted by atomic mass is 79.9. The molecule has 2 rings (SSSR count). The number of hydrogen-bond donors (Lipinski definition) is 1. The third-order valence-electron chi connectivity index (χ3n) is 2.99. The average Bonchev–Trinajstić information content (AvgIpc) is 2.41. The van der Waals surface area contributed by atoms with Crippen LogP contribution < -0.4 is 4.74 Å². The zero-order valence-corrected chi connectivity index (χ0v) is 12.6. The van der Waals surface area contributed by atoms with Gasteiger partial charge in [0.2, 0.25) is 0 Å². The Morgan fingerprint density at radius 1 is 1.05 bits per heavy atom. The molecule has 3 heteroatoms. The molecule has 0 aliphatic rings. The minimum Gasteiger partial charge on any atom is -0.486 e. The zero-order valence-electron chi connectivity index (χ0n) is 11.0. The van der Waals surface area contributed by atoms with Crippen LogP contribution in [0.4, 0.5) is 0 Å². The van der Waals surface area contributed by atoms with Crippen LogP contribution in [-0.4, -0.2) is 5.11 Å². The molecule has 0 saturated heterocycles. The third kappa shape index (κ3) is 3.58. The summed E-state index contributed by atoms with van der Waals surface area (Å²) in [4.78, 5) is 0. The summed E-state index contributed by atoms with van der Waals surface area (Å²) in [6, 6.07) is 15.7. The van der Waals surface area contributed by atoms with E-state index in [1.807, 2.05) is 55.5 Å². The quantitative estimate of drug-likeness (QED) is 0.889. The molecule has 0 bridgehead atoms. The second-order valence-electron chi connectivity index (χ2n) is 4.53. The summed E-state index contributed by atoms with van der Waals surface area (Å²) in [7, 11) is 0. The van der Waals surface area contributed by atoms with E-state index < -0.39 is 6.10 Å². The van der Waals surface area contributed by atoms with Gasteiger partial charge in [-0.3, -0.25) is 0 Å². The molecule has 1 N–H and O–H groups in total. The van der Waals surface area contributed by atoms with E-state index in [0.717, 1.165) is 21.3 Å². The molecule has 0 amide bonds. The monoisotopic (exact) mass is 320 g/mol. The Bertz CT molecular complexity index is 538. The van der Waals surface area contributed by atoms with Gasteiger partial charge < -0.3 is 9.84 Å². The Balaban J connectivity index is 2.24. The number of aliphatic hydroxyl groups excluding tert-OH is 1. The number of rotatable bonds is 4. The molecule has 0 aliphatic heterocycles.